The molecule has 0 aromatic carbocycles. The minimum Gasteiger partial charge on any atom is -0.477 e. The second-order valence-corrected chi connectivity index (χ2v) is 3.69. The van der Waals surface area contributed by atoms with E-state index in [0.717, 1.165) is 0 Å². The van der Waals surface area contributed by atoms with Crippen molar-refractivity contribution in [1.29, 1.82) is 0 Å². The van der Waals surface area contributed by atoms with Crippen LogP contribution in [0.3, 0.4) is 0 Å². The number of fused-ring (bicyclic) bond motifs is 1. The van der Waals surface area contributed by atoms with Gasteiger partial charge in [0, 0.05) is 6.42 Å². The monoisotopic (exact) mass is 256 g/mol. The molecule has 5 nitrogen and oxygen atoms in total. The molecule has 98 valence electrons. The molecule has 0 aliphatic carbocycles. The number of aryl methyl sites for hydroxylation is 1. The molecule has 0 spiro atoms. The highest BCUT2D eigenvalue weighted by atomic mass is 19.3. The molecule has 0 aliphatic heterocycles. The minimum absolute atomic E-state index is 0.394. The van der Waals surface area contributed by atoms with Crippen LogP contribution >= 0.6 is 0 Å². The van der Waals surface area contributed by atoms with Gasteiger partial charge in [0.1, 0.15) is 17.8 Å². The standard InChI is InChI=1S/C11H14F2N4O/c1-3-9-15-10-7(11(16-9)18-4-2)5-14-17(10)6-8(12)13/h5,8H,3-4,6H2,1-2H3. The molecular formula is C11H14F2N4O. The summed E-state index contributed by atoms with van der Waals surface area (Å²) in [7, 11) is 0. The summed E-state index contributed by atoms with van der Waals surface area (Å²) in [4.78, 5) is 8.45. The van der Waals surface area contributed by atoms with Crippen LogP contribution in [0.1, 0.15) is 19.7 Å². The van der Waals surface area contributed by atoms with Crippen LogP contribution in [0, 0.1) is 0 Å². The third-order valence-corrected chi connectivity index (χ3v) is 2.42. The van der Waals surface area contributed by atoms with Gasteiger partial charge in [-0.15, -0.1) is 0 Å². The predicted molar refractivity (Wildman–Crippen MR) is 61.9 cm³/mol. The molecule has 0 aliphatic rings. The average molecular weight is 256 g/mol. The first-order chi connectivity index (χ1) is 8.65. The fraction of sp³-hybridized carbons (Fsp3) is 0.545. The van der Waals surface area contributed by atoms with E-state index >= 15 is 0 Å². The maximum atomic E-state index is 12.4. The zero-order valence-corrected chi connectivity index (χ0v) is 10.2. The van der Waals surface area contributed by atoms with E-state index in [0.29, 0.717) is 35.8 Å². The minimum atomic E-state index is -2.47. The average Bonchev–Trinajstić information content (AvgIpc) is 2.72. The van der Waals surface area contributed by atoms with Gasteiger partial charge in [-0.1, -0.05) is 6.92 Å². The Labute approximate surface area is 103 Å². The highest BCUT2D eigenvalue weighted by molar-refractivity contribution is 5.80. The van der Waals surface area contributed by atoms with Crippen molar-refractivity contribution in [3.8, 4) is 5.88 Å². The van der Waals surface area contributed by atoms with Crippen LogP contribution in [0.15, 0.2) is 6.20 Å². The molecule has 2 aromatic rings. The summed E-state index contributed by atoms with van der Waals surface area (Å²) in [6.45, 7) is 3.71. The van der Waals surface area contributed by atoms with Crippen molar-refractivity contribution in [2.24, 2.45) is 0 Å². The van der Waals surface area contributed by atoms with Crippen LogP contribution in [0.4, 0.5) is 8.78 Å². The molecule has 0 unspecified atom stereocenters. The first kappa shape index (κ1) is 12.7. The number of hydrogen-bond donors (Lipinski definition) is 0. The van der Waals surface area contributed by atoms with Gasteiger partial charge in [0.15, 0.2) is 5.65 Å². The van der Waals surface area contributed by atoms with Crippen molar-refractivity contribution >= 4 is 11.0 Å². The SMILES string of the molecule is CCOc1nc(CC)nc2c1cnn2CC(F)F. The van der Waals surface area contributed by atoms with E-state index in [1.165, 1.54) is 10.9 Å². The third-order valence-electron chi connectivity index (χ3n) is 2.42. The molecule has 0 saturated heterocycles. The number of nitrogens with zero attached hydrogens (tertiary/aromatic N) is 4. The molecule has 2 heterocycles. The van der Waals surface area contributed by atoms with Gasteiger partial charge in [0.2, 0.25) is 5.88 Å². The zero-order valence-electron chi connectivity index (χ0n) is 10.2. The van der Waals surface area contributed by atoms with Gasteiger partial charge in [0.25, 0.3) is 6.43 Å². The van der Waals surface area contributed by atoms with Gasteiger partial charge in [-0.2, -0.15) is 10.1 Å². The lowest BCUT2D eigenvalue weighted by Gasteiger charge is -2.06. The Balaban J connectivity index is 2.53. The van der Waals surface area contributed by atoms with Crippen LogP contribution in [-0.4, -0.2) is 32.8 Å². The maximum Gasteiger partial charge on any atom is 0.258 e. The Kier molecular flexibility index (Phi) is 3.69. The Morgan fingerprint density at radius 1 is 1.33 bits per heavy atom. The summed E-state index contributed by atoms with van der Waals surface area (Å²) in [5, 5.41) is 4.47. The van der Waals surface area contributed by atoms with Crippen molar-refractivity contribution in [2.45, 2.75) is 33.2 Å². The number of rotatable bonds is 5. The molecule has 0 saturated carbocycles. The predicted octanol–water partition coefficient (Wildman–Crippen LogP) is 2.05. The number of halogens is 2. The number of alkyl halides is 2. The molecular weight excluding hydrogens is 242 g/mol. The first-order valence-corrected chi connectivity index (χ1v) is 5.79. The van der Waals surface area contributed by atoms with Crippen molar-refractivity contribution in [2.75, 3.05) is 6.61 Å². The van der Waals surface area contributed by atoms with Gasteiger partial charge < -0.3 is 4.74 Å². The first-order valence-electron chi connectivity index (χ1n) is 5.79. The van der Waals surface area contributed by atoms with E-state index in [-0.39, 0.29) is 0 Å². The van der Waals surface area contributed by atoms with E-state index in [9.17, 15) is 8.78 Å². The molecule has 0 atom stereocenters. The normalized spacial score (nSPS) is 11.4. The summed E-state index contributed by atoms with van der Waals surface area (Å²) >= 11 is 0. The summed E-state index contributed by atoms with van der Waals surface area (Å²) in [6, 6.07) is 0. The Morgan fingerprint density at radius 2 is 2.11 bits per heavy atom. The second-order valence-electron chi connectivity index (χ2n) is 3.69. The Hall–Kier alpha value is -1.79. The molecule has 0 fully saturated rings. The van der Waals surface area contributed by atoms with E-state index in [1.807, 2.05) is 13.8 Å². The maximum absolute atomic E-state index is 12.4. The highest BCUT2D eigenvalue weighted by Crippen LogP contribution is 2.22. The Morgan fingerprint density at radius 3 is 2.72 bits per heavy atom. The lowest BCUT2D eigenvalue weighted by atomic mass is 10.3. The Bertz CT molecular complexity index is 541. The fourth-order valence-electron chi connectivity index (χ4n) is 1.64. The number of hydrogen-bond acceptors (Lipinski definition) is 4. The van der Waals surface area contributed by atoms with Crippen LogP contribution < -0.4 is 4.74 Å². The van der Waals surface area contributed by atoms with Gasteiger partial charge in [-0.25, -0.2) is 18.4 Å². The summed E-state index contributed by atoms with van der Waals surface area (Å²) in [5.74, 6) is 0.960. The van der Waals surface area contributed by atoms with Crippen LogP contribution in [0.25, 0.3) is 11.0 Å². The third kappa shape index (κ3) is 2.39. The van der Waals surface area contributed by atoms with E-state index < -0.39 is 13.0 Å². The van der Waals surface area contributed by atoms with Crippen molar-refractivity contribution < 1.29 is 13.5 Å². The molecule has 0 N–H and O–H groups in total. The molecule has 0 bridgehead atoms. The second kappa shape index (κ2) is 5.24. The molecule has 0 amide bonds. The number of aromatic nitrogens is 4. The van der Waals surface area contributed by atoms with Crippen LogP contribution in [0.5, 0.6) is 5.88 Å². The van der Waals surface area contributed by atoms with Gasteiger partial charge >= 0.3 is 0 Å². The molecule has 7 heteroatoms. The summed E-state index contributed by atoms with van der Waals surface area (Å²) < 4.78 is 31.4. The topological polar surface area (TPSA) is 52.8 Å². The summed E-state index contributed by atoms with van der Waals surface area (Å²) in [6.07, 6.45) is -0.401. The largest absolute Gasteiger partial charge is 0.477 e. The van der Waals surface area contributed by atoms with Crippen molar-refractivity contribution in [3.05, 3.63) is 12.0 Å². The lowest BCUT2D eigenvalue weighted by molar-refractivity contribution is 0.123. The fourth-order valence-corrected chi connectivity index (χ4v) is 1.64. The van der Waals surface area contributed by atoms with Gasteiger partial charge in [0.05, 0.1) is 12.8 Å². The van der Waals surface area contributed by atoms with Gasteiger partial charge in [-0.3, -0.25) is 0 Å². The van der Waals surface area contributed by atoms with Gasteiger partial charge in [-0.05, 0) is 6.92 Å². The van der Waals surface area contributed by atoms with Crippen molar-refractivity contribution in [3.63, 3.8) is 0 Å². The van der Waals surface area contributed by atoms with E-state index in [4.69, 9.17) is 4.74 Å². The molecule has 2 rings (SSSR count). The molecule has 0 radical (unpaired) electrons. The van der Waals surface area contributed by atoms with E-state index in [1.54, 1.807) is 0 Å². The zero-order chi connectivity index (χ0) is 13.1. The highest BCUT2D eigenvalue weighted by Gasteiger charge is 2.15. The quantitative estimate of drug-likeness (QED) is 0.821. The smallest absolute Gasteiger partial charge is 0.258 e. The van der Waals surface area contributed by atoms with E-state index in [2.05, 4.69) is 15.1 Å². The molecule has 18 heavy (non-hydrogen) atoms. The molecule has 2 aromatic heterocycles. The van der Waals surface area contributed by atoms with Crippen LogP contribution in [0.2, 0.25) is 0 Å². The summed E-state index contributed by atoms with van der Waals surface area (Å²) in [5.41, 5.74) is 0.394. The number of ether oxygens (including phenoxy) is 1. The van der Waals surface area contributed by atoms with Crippen molar-refractivity contribution in [1.82, 2.24) is 19.7 Å². The van der Waals surface area contributed by atoms with Crippen LogP contribution in [-0.2, 0) is 13.0 Å². The lowest BCUT2D eigenvalue weighted by Crippen LogP contribution is -2.09.